The fourth-order valence-electron chi connectivity index (χ4n) is 2.70. The second-order valence-corrected chi connectivity index (χ2v) is 9.36. The van der Waals surface area contributed by atoms with Crippen LogP contribution in [0.2, 0.25) is 0 Å². The minimum Gasteiger partial charge on any atom is -0.440 e. The Balaban J connectivity index is 1.44. The molecule has 0 aliphatic heterocycles. The van der Waals surface area contributed by atoms with Crippen molar-refractivity contribution in [2.75, 3.05) is 0 Å². The Morgan fingerprint density at radius 3 is 2.46 bits per heavy atom. The molecule has 4 rings (SSSR count). The van der Waals surface area contributed by atoms with Gasteiger partial charge in [-0.25, -0.2) is 4.98 Å². The van der Waals surface area contributed by atoms with E-state index < -0.39 is 0 Å². The third kappa shape index (κ3) is 4.05. The summed E-state index contributed by atoms with van der Waals surface area (Å²) in [7, 11) is 0. The van der Waals surface area contributed by atoms with Crippen LogP contribution in [0.5, 0.6) is 0 Å². The largest absolute Gasteiger partial charge is 0.440 e. The zero-order chi connectivity index (χ0) is 19.7. The fraction of sp³-hybridized carbons (Fsp3) is 0.286. The normalized spacial score (nSPS) is 11.9. The van der Waals surface area contributed by atoms with Crippen LogP contribution in [0.4, 0.5) is 0 Å². The number of aryl methyl sites for hydroxylation is 1. The summed E-state index contributed by atoms with van der Waals surface area (Å²) in [5.41, 5.74) is 3.20. The molecule has 28 heavy (non-hydrogen) atoms. The number of hydrogen-bond acceptors (Lipinski definition) is 7. The molecule has 3 aromatic heterocycles. The average molecular weight is 412 g/mol. The third-order valence-corrected chi connectivity index (χ3v) is 6.05. The van der Waals surface area contributed by atoms with Crippen LogP contribution in [0.25, 0.3) is 22.2 Å². The van der Waals surface area contributed by atoms with Gasteiger partial charge < -0.3 is 8.83 Å². The first kappa shape index (κ1) is 19.0. The Kier molecular flexibility index (Phi) is 5.12. The molecule has 0 fully saturated rings. The molecule has 0 N–H and O–H groups in total. The van der Waals surface area contributed by atoms with E-state index in [1.54, 1.807) is 11.3 Å². The van der Waals surface area contributed by atoms with Crippen LogP contribution in [-0.2, 0) is 11.2 Å². The minimum absolute atomic E-state index is 0.117. The van der Waals surface area contributed by atoms with Crippen molar-refractivity contribution in [3.8, 4) is 22.2 Å². The summed E-state index contributed by atoms with van der Waals surface area (Å²) >= 11 is 3.07. The molecule has 0 bridgehead atoms. The quantitative estimate of drug-likeness (QED) is 0.356. The Labute approximate surface area is 172 Å². The molecular weight excluding hydrogens is 390 g/mol. The van der Waals surface area contributed by atoms with Crippen molar-refractivity contribution in [2.24, 2.45) is 0 Å². The molecule has 0 radical (unpaired) electrons. The van der Waals surface area contributed by atoms with Gasteiger partial charge in [0.25, 0.3) is 5.22 Å². The summed E-state index contributed by atoms with van der Waals surface area (Å²) < 4.78 is 11.6. The number of rotatable bonds is 5. The molecule has 1 aromatic carbocycles. The Morgan fingerprint density at radius 1 is 1.00 bits per heavy atom. The summed E-state index contributed by atoms with van der Waals surface area (Å²) in [5.74, 6) is 2.62. The molecule has 0 unspecified atom stereocenters. The maximum atomic E-state index is 5.82. The van der Waals surface area contributed by atoms with Crippen LogP contribution < -0.4 is 0 Å². The molecule has 4 aromatic rings. The highest BCUT2D eigenvalue weighted by Crippen LogP contribution is 2.31. The maximum Gasteiger partial charge on any atom is 0.277 e. The van der Waals surface area contributed by atoms with Crippen molar-refractivity contribution >= 4 is 23.1 Å². The zero-order valence-electron chi connectivity index (χ0n) is 16.2. The van der Waals surface area contributed by atoms with Crippen LogP contribution in [-0.4, -0.2) is 15.2 Å². The molecule has 144 valence electrons. The van der Waals surface area contributed by atoms with Gasteiger partial charge in [0.2, 0.25) is 11.8 Å². The van der Waals surface area contributed by atoms with Gasteiger partial charge in [-0.1, -0.05) is 50.7 Å². The van der Waals surface area contributed by atoms with Crippen molar-refractivity contribution in [1.29, 1.82) is 0 Å². The standard InChI is InChI=1S/C21H21N3O2S2/c1-13-16(22-19(25-13)17-6-5-11-27-17)12-28-20-24-23-18(26-20)14-7-9-15(10-8-14)21(2,3)4/h5-11H,12H2,1-4H3. The molecule has 0 saturated heterocycles. The Morgan fingerprint density at radius 2 is 1.79 bits per heavy atom. The van der Waals surface area contributed by atoms with E-state index in [-0.39, 0.29) is 5.41 Å². The van der Waals surface area contributed by atoms with Crippen molar-refractivity contribution < 1.29 is 8.83 Å². The van der Waals surface area contributed by atoms with Gasteiger partial charge >= 0.3 is 0 Å². The lowest BCUT2D eigenvalue weighted by atomic mass is 9.87. The number of hydrogen-bond donors (Lipinski definition) is 0. The number of oxazole rings is 1. The second kappa shape index (κ2) is 7.56. The number of nitrogens with zero attached hydrogens (tertiary/aromatic N) is 3. The van der Waals surface area contributed by atoms with E-state index in [4.69, 9.17) is 8.83 Å². The minimum atomic E-state index is 0.117. The van der Waals surface area contributed by atoms with Crippen LogP contribution in [0, 0.1) is 6.92 Å². The van der Waals surface area contributed by atoms with Gasteiger partial charge in [-0.05, 0) is 41.5 Å². The highest BCUT2D eigenvalue weighted by Gasteiger charge is 2.16. The van der Waals surface area contributed by atoms with Crippen molar-refractivity contribution in [1.82, 2.24) is 15.2 Å². The first-order valence-electron chi connectivity index (χ1n) is 8.97. The number of aromatic nitrogens is 3. The first-order valence-corrected chi connectivity index (χ1v) is 10.8. The summed E-state index contributed by atoms with van der Waals surface area (Å²) in [6.07, 6.45) is 0. The molecule has 0 spiro atoms. The summed E-state index contributed by atoms with van der Waals surface area (Å²) in [6.45, 7) is 8.51. The van der Waals surface area contributed by atoms with Crippen molar-refractivity contribution in [2.45, 2.75) is 44.1 Å². The van der Waals surface area contributed by atoms with Gasteiger partial charge in [0.1, 0.15) is 5.76 Å². The molecule has 0 amide bonds. The Bertz CT molecular complexity index is 1060. The number of thioether (sulfide) groups is 1. The third-order valence-electron chi connectivity index (χ3n) is 4.36. The topological polar surface area (TPSA) is 65.0 Å². The number of thiophene rings is 1. The smallest absolute Gasteiger partial charge is 0.277 e. The lowest BCUT2D eigenvalue weighted by Gasteiger charge is -2.18. The SMILES string of the molecule is Cc1oc(-c2cccs2)nc1CSc1nnc(-c2ccc(C(C)(C)C)cc2)o1. The van der Waals surface area contributed by atoms with Crippen LogP contribution >= 0.6 is 23.1 Å². The monoisotopic (exact) mass is 411 g/mol. The van der Waals surface area contributed by atoms with Gasteiger partial charge in [-0.3, -0.25) is 0 Å². The van der Waals surface area contributed by atoms with Crippen molar-refractivity contribution in [3.63, 3.8) is 0 Å². The highest BCUT2D eigenvalue weighted by molar-refractivity contribution is 7.98. The average Bonchev–Trinajstić information content (AvgIpc) is 3.40. The second-order valence-electron chi connectivity index (χ2n) is 7.49. The lowest BCUT2D eigenvalue weighted by Crippen LogP contribution is -2.10. The van der Waals surface area contributed by atoms with Gasteiger partial charge in [0.15, 0.2) is 0 Å². The van der Waals surface area contributed by atoms with E-state index in [0.717, 1.165) is 21.9 Å². The van der Waals surface area contributed by atoms with E-state index in [9.17, 15) is 0 Å². The zero-order valence-corrected chi connectivity index (χ0v) is 17.9. The van der Waals surface area contributed by atoms with E-state index >= 15 is 0 Å². The molecule has 3 heterocycles. The van der Waals surface area contributed by atoms with Crippen molar-refractivity contribution in [3.05, 3.63) is 58.8 Å². The summed E-state index contributed by atoms with van der Waals surface area (Å²) in [4.78, 5) is 5.62. The van der Waals surface area contributed by atoms with Crippen LogP contribution in [0.1, 0.15) is 37.8 Å². The van der Waals surface area contributed by atoms with Gasteiger partial charge in [0, 0.05) is 11.3 Å². The van der Waals surface area contributed by atoms with Crippen LogP contribution in [0.3, 0.4) is 0 Å². The van der Waals surface area contributed by atoms with Crippen LogP contribution in [0.15, 0.2) is 55.8 Å². The maximum absolute atomic E-state index is 5.82. The molecule has 0 atom stereocenters. The number of benzene rings is 1. The first-order chi connectivity index (χ1) is 13.4. The van der Waals surface area contributed by atoms with Gasteiger partial charge in [-0.15, -0.1) is 21.5 Å². The molecule has 0 aliphatic rings. The predicted octanol–water partition coefficient (Wildman–Crippen LogP) is 6.35. The Hall–Kier alpha value is -2.38. The molecule has 5 nitrogen and oxygen atoms in total. The summed E-state index contributed by atoms with van der Waals surface area (Å²) in [6, 6.07) is 12.3. The molecule has 0 saturated carbocycles. The molecule has 0 aliphatic carbocycles. The van der Waals surface area contributed by atoms with E-state index in [1.807, 2.05) is 36.6 Å². The van der Waals surface area contributed by atoms with E-state index in [1.165, 1.54) is 17.3 Å². The van der Waals surface area contributed by atoms with E-state index in [0.29, 0.717) is 22.8 Å². The van der Waals surface area contributed by atoms with E-state index in [2.05, 4.69) is 48.1 Å². The lowest BCUT2D eigenvalue weighted by molar-refractivity contribution is 0.465. The molecule has 7 heteroatoms. The van der Waals surface area contributed by atoms with Gasteiger partial charge in [0.05, 0.1) is 10.6 Å². The summed E-state index contributed by atoms with van der Waals surface area (Å²) in [5, 5.41) is 10.9. The fourth-order valence-corrected chi connectivity index (χ4v) is 4.11. The molecular formula is C21H21N3O2S2. The van der Waals surface area contributed by atoms with Gasteiger partial charge in [-0.2, -0.15) is 0 Å². The predicted molar refractivity (Wildman–Crippen MR) is 113 cm³/mol. The highest BCUT2D eigenvalue weighted by atomic mass is 32.2.